The molecule has 3 N–H and O–H groups in total. The van der Waals surface area contributed by atoms with Crippen molar-refractivity contribution in [2.24, 2.45) is 11.7 Å². The zero-order valence-electron chi connectivity index (χ0n) is 12.1. The van der Waals surface area contributed by atoms with Gasteiger partial charge in [-0.25, -0.2) is 4.98 Å². The molecule has 118 valence electrons. The Bertz CT molecular complexity index is 679. The molecule has 1 amide bonds. The molecule has 6 heteroatoms. The van der Waals surface area contributed by atoms with Crippen LogP contribution in [0.2, 0.25) is 0 Å². The van der Waals surface area contributed by atoms with Gasteiger partial charge in [0.1, 0.15) is 5.82 Å². The molecule has 1 saturated carbocycles. The molecule has 2 aromatic rings. The maximum atomic E-state index is 12.1. The van der Waals surface area contributed by atoms with E-state index in [1.807, 2.05) is 30.3 Å². The van der Waals surface area contributed by atoms with Gasteiger partial charge < -0.3 is 11.1 Å². The number of carbonyl (C=O) groups is 1. The van der Waals surface area contributed by atoms with Gasteiger partial charge in [0.05, 0.1) is 5.52 Å². The molecule has 1 fully saturated rings. The van der Waals surface area contributed by atoms with Gasteiger partial charge >= 0.3 is 0 Å². The second-order valence-electron chi connectivity index (χ2n) is 5.62. The molecule has 1 aliphatic rings. The second-order valence-corrected chi connectivity index (χ2v) is 6.47. The number of anilines is 1. The van der Waals surface area contributed by atoms with Crippen LogP contribution in [-0.4, -0.2) is 16.9 Å². The maximum Gasteiger partial charge on any atom is 0.225 e. The third-order valence-corrected chi connectivity index (χ3v) is 4.74. The van der Waals surface area contributed by atoms with Gasteiger partial charge in [0.25, 0.3) is 0 Å². The van der Waals surface area contributed by atoms with Gasteiger partial charge in [0.15, 0.2) is 0 Å². The Kier molecular flexibility index (Phi) is 5.78. The summed E-state index contributed by atoms with van der Waals surface area (Å²) in [5.74, 6) is 0.888. The predicted octanol–water partition coefficient (Wildman–Crippen LogP) is 3.88. The van der Waals surface area contributed by atoms with E-state index >= 15 is 0 Å². The van der Waals surface area contributed by atoms with Crippen molar-refractivity contribution in [3.8, 4) is 0 Å². The van der Waals surface area contributed by atoms with Crippen molar-refractivity contribution in [3.05, 3.63) is 34.8 Å². The van der Waals surface area contributed by atoms with E-state index < -0.39 is 0 Å². The predicted molar refractivity (Wildman–Crippen MR) is 95.3 cm³/mol. The third kappa shape index (κ3) is 3.77. The first kappa shape index (κ1) is 17.2. The molecule has 4 nitrogen and oxygen atoms in total. The number of fused-ring (bicyclic) bond motifs is 1. The van der Waals surface area contributed by atoms with Crippen molar-refractivity contribution in [3.63, 3.8) is 0 Å². The van der Waals surface area contributed by atoms with Crippen molar-refractivity contribution in [2.75, 3.05) is 5.32 Å². The van der Waals surface area contributed by atoms with E-state index in [1.165, 1.54) is 0 Å². The topological polar surface area (TPSA) is 68.0 Å². The summed E-state index contributed by atoms with van der Waals surface area (Å²) in [5, 5.41) is 3.92. The van der Waals surface area contributed by atoms with Gasteiger partial charge in [-0.15, -0.1) is 12.4 Å². The van der Waals surface area contributed by atoms with Crippen molar-refractivity contribution in [1.82, 2.24) is 4.98 Å². The highest BCUT2D eigenvalue weighted by Crippen LogP contribution is 2.27. The van der Waals surface area contributed by atoms with Crippen LogP contribution in [0.15, 0.2) is 34.8 Å². The number of halogens is 2. The molecule has 1 aromatic carbocycles. The van der Waals surface area contributed by atoms with Gasteiger partial charge in [-0.1, -0.05) is 18.6 Å². The molecule has 22 heavy (non-hydrogen) atoms. The number of nitrogens with two attached hydrogens (primary N) is 1. The molecule has 0 aliphatic heterocycles. The van der Waals surface area contributed by atoms with Crippen LogP contribution < -0.4 is 11.1 Å². The SMILES string of the molecule is Cl.N[C@@H]1CCC[C@H]1CC(=O)Nc1ccc2cccc(Br)c2n1. The van der Waals surface area contributed by atoms with Crippen LogP contribution in [0.5, 0.6) is 0 Å². The Morgan fingerprint density at radius 1 is 1.32 bits per heavy atom. The zero-order chi connectivity index (χ0) is 14.8. The minimum Gasteiger partial charge on any atom is -0.327 e. The second kappa shape index (κ2) is 7.40. The average Bonchev–Trinajstić information content (AvgIpc) is 2.85. The van der Waals surface area contributed by atoms with Gasteiger partial charge in [-0.05, 0) is 52.9 Å². The van der Waals surface area contributed by atoms with Crippen LogP contribution in [0.3, 0.4) is 0 Å². The first-order chi connectivity index (χ1) is 10.1. The number of aromatic nitrogens is 1. The monoisotopic (exact) mass is 383 g/mol. The molecular weight excluding hydrogens is 366 g/mol. The summed E-state index contributed by atoms with van der Waals surface area (Å²) in [6.07, 6.45) is 3.68. The summed E-state index contributed by atoms with van der Waals surface area (Å²) < 4.78 is 0.925. The standard InChI is InChI=1S/C16H18BrN3O.ClH/c17-12-5-1-3-10-7-8-14(20-16(10)12)19-15(21)9-11-4-2-6-13(11)18;/h1,3,5,7-8,11,13H,2,4,6,9,18H2,(H,19,20,21);1H/t11-,13+;/m0./s1. The molecule has 0 unspecified atom stereocenters. The number of para-hydroxylation sites is 1. The van der Waals surface area contributed by atoms with Crippen molar-refractivity contribution in [1.29, 1.82) is 0 Å². The van der Waals surface area contributed by atoms with E-state index in [9.17, 15) is 4.79 Å². The fraction of sp³-hybridized carbons (Fsp3) is 0.375. The molecule has 0 spiro atoms. The highest BCUT2D eigenvalue weighted by Gasteiger charge is 2.26. The zero-order valence-corrected chi connectivity index (χ0v) is 14.5. The summed E-state index contributed by atoms with van der Waals surface area (Å²) >= 11 is 3.48. The Morgan fingerprint density at radius 3 is 2.86 bits per heavy atom. The van der Waals surface area contributed by atoms with Crippen LogP contribution in [0.1, 0.15) is 25.7 Å². The summed E-state index contributed by atoms with van der Waals surface area (Å²) in [6.45, 7) is 0. The van der Waals surface area contributed by atoms with E-state index in [-0.39, 0.29) is 24.4 Å². The number of nitrogens with zero attached hydrogens (tertiary/aromatic N) is 1. The van der Waals surface area contributed by atoms with Crippen LogP contribution in [0.25, 0.3) is 10.9 Å². The molecule has 3 rings (SSSR count). The van der Waals surface area contributed by atoms with E-state index in [4.69, 9.17) is 5.73 Å². The molecule has 0 bridgehead atoms. The Morgan fingerprint density at radius 2 is 2.14 bits per heavy atom. The highest BCUT2D eigenvalue weighted by molar-refractivity contribution is 9.10. The molecule has 0 saturated heterocycles. The van der Waals surface area contributed by atoms with Gasteiger partial charge in [-0.3, -0.25) is 4.79 Å². The largest absolute Gasteiger partial charge is 0.327 e. The molecule has 1 heterocycles. The first-order valence-corrected chi connectivity index (χ1v) is 8.03. The fourth-order valence-electron chi connectivity index (χ4n) is 2.93. The lowest BCUT2D eigenvalue weighted by Crippen LogP contribution is -2.28. The quantitative estimate of drug-likeness (QED) is 0.844. The number of amides is 1. The van der Waals surface area contributed by atoms with Crippen LogP contribution in [0.4, 0.5) is 5.82 Å². The first-order valence-electron chi connectivity index (χ1n) is 7.24. The van der Waals surface area contributed by atoms with Crippen molar-refractivity contribution >= 4 is 51.0 Å². The number of benzene rings is 1. The molecule has 2 atom stereocenters. The molecule has 0 radical (unpaired) electrons. The van der Waals surface area contributed by atoms with Crippen LogP contribution in [-0.2, 0) is 4.79 Å². The maximum absolute atomic E-state index is 12.1. The molecule has 1 aromatic heterocycles. The Balaban J connectivity index is 0.00000176. The summed E-state index contributed by atoms with van der Waals surface area (Å²) in [5.41, 5.74) is 6.87. The summed E-state index contributed by atoms with van der Waals surface area (Å²) in [6, 6.07) is 9.86. The molecular formula is C16H19BrClN3O. The average molecular weight is 385 g/mol. The number of rotatable bonds is 3. The van der Waals surface area contributed by atoms with Crippen molar-refractivity contribution < 1.29 is 4.79 Å². The minimum atomic E-state index is -0.00347. The van der Waals surface area contributed by atoms with E-state index in [2.05, 4.69) is 26.2 Å². The Hall–Kier alpha value is -1.17. The van der Waals surface area contributed by atoms with Crippen molar-refractivity contribution in [2.45, 2.75) is 31.7 Å². The lowest BCUT2D eigenvalue weighted by atomic mass is 10.00. The number of hydrogen-bond donors (Lipinski definition) is 2. The van der Waals surface area contributed by atoms with E-state index in [0.29, 0.717) is 18.2 Å². The van der Waals surface area contributed by atoms with E-state index in [0.717, 1.165) is 34.6 Å². The van der Waals surface area contributed by atoms with Gasteiger partial charge in [0.2, 0.25) is 5.91 Å². The smallest absolute Gasteiger partial charge is 0.225 e. The number of pyridine rings is 1. The third-order valence-electron chi connectivity index (χ3n) is 4.10. The van der Waals surface area contributed by atoms with Gasteiger partial charge in [-0.2, -0.15) is 0 Å². The number of carbonyl (C=O) groups excluding carboxylic acids is 1. The van der Waals surface area contributed by atoms with E-state index in [1.54, 1.807) is 0 Å². The highest BCUT2D eigenvalue weighted by atomic mass is 79.9. The number of hydrogen-bond acceptors (Lipinski definition) is 3. The van der Waals surface area contributed by atoms with Gasteiger partial charge in [0, 0.05) is 22.3 Å². The molecule has 1 aliphatic carbocycles. The lowest BCUT2D eigenvalue weighted by Gasteiger charge is -2.14. The van der Waals surface area contributed by atoms with Crippen LogP contribution >= 0.6 is 28.3 Å². The number of nitrogens with one attached hydrogen (secondary N) is 1. The van der Waals surface area contributed by atoms with Crippen LogP contribution in [0, 0.1) is 5.92 Å². The fourth-order valence-corrected chi connectivity index (χ4v) is 3.40. The lowest BCUT2D eigenvalue weighted by molar-refractivity contribution is -0.117. The summed E-state index contributed by atoms with van der Waals surface area (Å²) in [7, 11) is 0. The summed E-state index contributed by atoms with van der Waals surface area (Å²) in [4.78, 5) is 16.6. The normalized spacial score (nSPS) is 20.6. The minimum absolute atomic E-state index is 0. The Labute approximate surface area is 144 Å².